The summed E-state index contributed by atoms with van der Waals surface area (Å²) in [5, 5.41) is 14.1. The van der Waals surface area contributed by atoms with Gasteiger partial charge in [0.1, 0.15) is 5.76 Å². The predicted octanol–water partition coefficient (Wildman–Crippen LogP) is 1.64. The molecule has 0 atom stereocenters. The van der Waals surface area contributed by atoms with Gasteiger partial charge in [-0.05, 0) is 45.7 Å². The van der Waals surface area contributed by atoms with E-state index < -0.39 is 5.54 Å². The molecular weight excluding hydrogens is 310 g/mol. The molecule has 1 amide bonds. The first-order valence-electron chi connectivity index (χ1n) is 8.23. The van der Waals surface area contributed by atoms with Crippen molar-refractivity contribution in [1.29, 1.82) is 0 Å². The zero-order chi connectivity index (χ0) is 17.2. The van der Waals surface area contributed by atoms with E-state index in [0.717, 1.165) is 38.1 Å². The summed E-state index contributed by atoms with van der Waals surface area (Å²) in [6.45, 7) is 7.18. The lowest BCUT2D eigenvalue weighted by molar-refractivity contribution is -0.120. The van der Waals surface area contributed by atoms with E-state index in [1.165, 1.54) is 6.92 Å². The van der Waals surface area contributed by atoms with Crippen LogP contribution in [0.25, 0.3) is 11.6 Å². The van der Waals surface area contributed by atoms with Crippen molar-refractivity contribution in [1.82, 2.24) is 25.9 Å². The molecule has 0 spiro atoms. The van der Waals surface area contributed by atoms with Crippen LogP contribution >= 0.6 is 0 Å². The van der Waals surface area contributed by atoms with E-state index in [1.807, 2.05) is 19.9 Å². The van der Waals surface area contributed by atoms with Gasteiger partial charge >= 0.3 is 0 Å². The number of aromatic nitrogens is 3. The van der Waals surface area contributed by atoms with Crippen molar-refractivity contribution in [2.45, 2.75) is 45.6 Å². The number of amides is 1. The number of carbonyl (C=O) groups excluding carboxylic acids is 1. The Labute approximate surface area is 140 Å². The quantitative estimate of drug-likeness (QED) is 0.856. The average molecular weight is 333 g/mol. The molecule has 130 valence electrons. The maximum Gasteiger partial charge on any atom is 0.280 e. The van der Waals surface area contributed by atoms with Crippen molar-refractivity contribution in [3.05, 3.63) is 17.7 Å². The Hall–Kier alpha value is -2.22. The predicted molar refractivity (Wildman–Crippen MR) is 85.9 cm³/mol. The molecule has 0 aromatic carbocycles. The molecule has 1 fully saturated rings. The van der Waals surface area contributed by atoms with Gasteiger partial charge in [-0.25, -0.2) is 0 Å². The molecule has 8 nitrogen and oxygen atoms in total. The van der Waals surface area contributed by atoms with Crippen LogP contribution in [-0.2, 0) is 16.8 Å². The molecule has 0 unspecified atom stereocenters. The molecule has 2 N–H and O–H groups in total. The Bertz CT molecular complexity index is 700. The largest absolute Gasteiger partial charge is 0.361 e. The van der Waals surface area contributed by atoms with E-state index in [0.29, 0.717) is 23.3 Å². The number of nitrogens with zero attached hydrogens (tertiary/aromatic N) is 3. The summed E-state index contributed by atoms with van der Waals surface area (Å²) in [6, 6.07) is 1.85. The maximum absolute atomic E-state index is 11.3. The highest BCUT2D eigenvalue weighted by Crippen LogP contribution is 2.24. The van der Waals surface area contributed by atoms with Crippen LogP contribution in [0.2, 0.25) is 0 Å². The Morgan fingerprint density at radius 3 is 2.79 bits per heavy atom. The Morgan fingerprint density at radius 1 is 1.33 bits per heavy atom. The van der Waals surface area contributed by atoms with Crippen LogP contribution in [0.5, 0.6) is 0 Å². The van der Waals surface area contributed by atoms with E-state index >= 15 is 0 Å². The first-order chi connectivity index (χ1) is 11.4. The number of hydrogen-bond donors (Lipinski definition) is 2. The summed E-state index contributed by atoms with van der Waals surface area (Å²) in [5.41, 5.74) is -0.189. The highest BCUT2D eigenvalue weighted by atomic mass is 16.5. The molecule has 8 heteroatoms. The van der Waals surface area contributed by atoms with Gasteiger partial charge in [-0.2, -0.15) is 4.98 Å². The van der Waals surface area contributed by atoms with E-state index in [4.69, 9.17) is 9.05 Å². The van der Waals surface area contributed by atoms with Crippen molar-refractivity contribution in [2.75, 3.05) is 13.1 Å². The molecule has 1 aliphatic rings. The molecule has 0 saturated carbocycles. The van der Waals surface area contributed by atoms with Crippen molar-refractivity contribution >= 4 is 5.91 Å². The summed E-state index contributed by atoms with van der Waals surface area (Å²) >= 11 is 0. The van der Waals surface area contributed by atoms with Crippen molar-refractivity contribution < 1.29 is 13.8 Å². The van der Waals surface area contributed by atoms with Gasteiger partial charge in [0.05, 0.1) is 5.54 Å². The number of carbonyl (C=O) groups is 1. The van der Waals surface area contributed by atoms with Gasteiger partial charge in [0, 0.05) is 19.4 Å². The summed E-state index contributed by atoms with van der Waals surface area (Å²) in [4.78, 5) is 15.6. The maximum atomic E-state index is 11.3. The second-order valence-corrected chi connectivity index (χ2v) is 6.81. The summed E-state index contributed by atoms with van der Waals surface area (Å²) in [6.07, 6.45) is 3.16. The van der Waals surface area contributed by atoms with Gasteiger partial charge in [0.15, 0.2) is 11.5 Å². The molecule has 0 radical (unpaired) electrons. The highest BCUT2D eigenvalue weighted by Gasteiger charge is 2.28. The molecule has 1 aliphatic heterocycles. The first-order valence-corrected chi connectivity index (χ1v) is 8.23. The fraction of sp³-hybridized carbons (Fsp3) is 0.625. The number of piperidine rings is 1. The van der Waals surface area contributed by atoms with Crippen molar-refractivity contribution in [3.63, 3.8) is 0 Å². The molecule has 1 saturated heterocycles. The Kier molecular flexibility index (Phi) is 4.66. The fourth-order valence-corrected chi connectivity index (χ4v) is 2.96. The van der Waals surface area contributed by atoms with Crippen LogP contribution in [-0.4, -0.2) is 34.3 Å². The van der Waals surface area contributed by atoms with E-state index in [-0.39, 0.29) is 5.91 Å². The van der Waals surface area contributed by atoms with Crippen LogP contribution in [0.15, 0.2) is 15.1 Å². The molecule has 2 aromatic heterocycles. The van der Waals surface area contributed by atoms with Crippen LogP contribution in [0.4, 0.5) is 0 Å². The Morgan fingerprint density at radius 2 is 2.08 bits per heavy atom. The number of hydrogen-bond acceptors (Lipinski definition) is 7. The van der Waals surface area contributed by atoms with Crippen molar-refractivity contribution in [2.24, 2.45) is 5.92 Å². The molecular formula is C16H23N5O3. The lowest BCUT2D eigenvalue weighted by atomic mass is 9.93. The third-order valence-corrected chi connectivity index (χ3v) is 4.20. The molecule has 0 bridgehead atoms. The van der Waals surface area contributed by atoms with Crippen molar-refractivity contribution in [3.8, 4) is 11.6 Å². The standard InChI is InChI=1S/C16H23N5O3/c1-10(22)19-16(2,3)15-18-14(24-21-15)13-9-12(23-20-13)8-11-4-6-17-7-5-11/h9,11,17H,4-8H2,1-3H3,(H,19,22). The number of rotatable bonds is 5. The lowest BCUT2D eigenvalue weighted by Gasteiger charge is -2.21. The van der Waals surface area contributed by atoms with E-state index in [1.54, 1.807) is 0 Å². The minimum Gasteiger partial charge on any atom is -0.361 e. The van der Waals surface area contributed by atoms with E-state index in [2.05, 4.69) is 25.9 Å². The van der Waals surface area contributed by atoms with Gasteiger partial charge in [-0.3, -0.25) is 4.79 Å². The van der Waals surface area contributed by atoms with Crippen LogP contribution in [0.1, 0.15) is 45.2 Å². The monoisotopic (exact) mass is 333 g/mol. The van der Waals surface area contributed by atoms with Crippen LogP contribution < -0.4 is 10.6 Å². The smallest absolute Gasteiger partial charge is 0.280 e. The summed E-state index contributed by atoms with van der Waals surface area (Å²) in [5.74, 6) is 1.98. The normalized spacial score (nSPS) is 16.3. The molecule has 24 heavy (non-hydrogen) atoms. The average Bonchev–Trinajstić information content (AvgIpc) is 3.16. The molecule has 3 rings (SSSR count). The summed E-state index contributed by atoms with van der Waals surface area (Å²) < 4.78 is 10.7. The Balaban J connectivity index is 1.70. The molecule has 2 aromatic rings. The lowest BCUT2D eigenvalue weighted by Crippen LogP contribution is -2.40. The topological polar surface area (TPSA) is 106 Å². The fourth-order valence-electron chi connectivity index (χ4n) is 2.96. The minimum atomic E-state index is -0.713. The van der Waals surface area contributed by atoms with Gasteiger partial charge in [0.2, 0.25) is 5.91 Å². The number of nitrogens with one attached hydrogen (secondary N) is 2. The van der Waals surface area contributed by atoms with Gasteiger partial charge in [-0.15, -0.1) is 0 Å². The van der Waals surface area contributed by atoms with E-state index in [9.17, 15) is 4.79 Å². The van der Waals surface area contributed by atoms with Gasteiger partial charge in [0.25, 0.3) is 5.89 Å². The minimum absolute atomic E-state index is 0.156. The van der Waals surface area contributed by atoms with Gasteiger partial charge < -0.3 is 19.7 Å². The van der Waals surface area contributed by atoms with Crippen LogP contribution in [0, 0.1) is 5.92 Å². The zero-order valence-corrected chi connectivity index (χ0v) is 14.3. The highest BCUT2D eigenvalue weighted by molar-refractivity contribution is 5.73. The molecule has 0 aliphatic carbocycles. The SMILES string of the molecule is CC(=O)NC(C)(C)c1noc(-c2cc(CC3CCNCC3)on2)n1. The summed E-state index contributed by atoms with van der Waals surface area (Å²) in [7, 11) is 0. The second kappa shape index (κ2) is 6.72. The first kappa shape index (κ1) is 16.6. The zero-order valence-electron chi connectivity index (χ0n) is 14.3. The van der Waals surface area contributed by atoms with Gasteiger partial charge in [-0.1, -0.05) is 10.3 Å². The third kappa shape index (κ3) is 3.81. The third-order valence-electron chi connectivity index (χ3n) is 4.20. The molecule has 3 heterocycles. The second-order valence-electron chi connectivity index (χ2n) is 6.81. The van der Waals surface area contributed by atoms with Crippen LogP contribution in [0.3, 0.4) is 0 Å².